The molecule has 1 saturated heterocycles. The van der Waals surface area contributed by atoms with Crippen LogP contribution in [0.5, 0.6) is 5.75 Å². The summed E-state index contributed by atoms with van der Waals surface area (Å²) in [6.45, 7) is 3.27. The number of aromatic nitrogens is 2. The van der Waals surface area contributed by atoms with E-state index in [-0.39, 0.29) is 18.3 Å². The number of carbonyl (C=O) groups excluding carboxylic acids is 2. The molecule has 2 aromatic rings. The molecule has 0 radical (unpaired) electrons. The van der Waals surface area contributed by atoms with Crippen LogP contribution in [-0.4, -0.2) is 34.1 Å². The molecular formula is C15H16N4O4. The van der Waals surface area contributed by atoms with E-state index in [4.69, 9.17) is 9.26 Å². The Morgan fingerprint density at radius 3 is 2.57 bits per heavy atom. The molecule has 1 atom stereocenters. The summed E-state index contributed by atoms with van der Waals surface area (Å²) in [6, 6.07) is 6.48. The third-order valence-electron chi connectivity index (χ3n) is 3.81. The first-order valence-electron chi connectivity index (χ1n) is 7.02. The number of urea groups is 1. The first-order chi connectivity index (χ1) is 10.9. The quantitative estimate of drug-likeness (QED) is 0.855. The van der Waals surface area contributed by atoms with Crippen LogP contribution in [0, 0.1) is 6.92 Å². The van der Waals surface area contributed by atoms with E-state index in [9.17, 15) is 9.59 Å². The normalized spacial score (nSPS) is 20.7. The SMILES string of the molecule is COc1ccc(C2(C)NC(=O)N(Cc3nc(C)no3)C2=O)cc1. The predicted octanol–water partition coefficient (Wildman–Crippen LogP) is 1.35. The van der Waals surface area contributed by atoms with Crippen molar-refractivity contribution in [3.63, 3.8) is 0 Å². The van der Waals surface area contributed by atoms with Crippen LogP contribution in [0.25, 0.3) is 0 Å². The Hall–Kier alpha value is -2.90. The summed E-state index contributed by atoms with van der Waals surface area (Å²) < 4.78 is 10.1. The van der Waals surface area contributed by atoms with Crippen LogP contribution in [0.2, 0.25) is 0 Å². The Bertz CT molecular complexity index is 755. The fraction of sp³-hybridized carbons (Fsp3) is 0.333. The summed E-state index contributed by atoms with van der Waals surface area (Å²) in [5, 5.41) is 6.37. The molecule has 0 spiro atoms. The molecule has 3 amide bonds. The molecule has 0 aliphatic carbocycles. The summed E-state index contributed by atoms with van der Waals surface area (Å²) in [7, 11) is 1.56. The molecule has 1 aliphatic rings. The third-order valence-corrected chi connectivity index (χ3v) is 3.81. The summed E-state index contributed by atoms with van der Waals surface area (Å²) in [5.74, 6) is 0.964. The molecule has 1 unspecified atom stereocenters. The fourth-order valence-corrected chi connectivity index (χ4v) is 2.50. The van der Waals surface area contributed by atoms with Gasteiger partial charge in [-0.3, -0.25) is 9.69 Å². The van der Waals surface area contributed by atoms with E-state index < -0.39 is 11.6 Å². The monoisotopic (exact) mass is 316 g/mol. The smallest absolute Gasteiger partial charge is 0.325 e. The van der Waals surface area contributed by atoms with E-state index in [2.05, 4.69) is 15.5 Å². The second kappa shape index (κ2) is 5.38. The van der Waals surface area contributed by atoms with E-state index >= 15 is 0 Å². The lowest BCUT2D eigenvalue weighted by Crippen LogP contribution is -2.40. The van der Waals surface area contributed by atoms with Crippen LogP contribution >= 0.6 is 0 Å². The average Bonchev–Trinajstić information content (AvgIpc) is 3.05. The number of nitrogens with one attached hydrogen (secondary N) is 1. The van der Waals surface area contributed by atoms with Gasteiger partial charge in [0.1, 0.15) is 17.8 Å². The molecular weight excluding hydrogens is 300 g/mol. The van der Waals surface area contributed by atoms with Crippen molar-refractivity contribution in [1.29, 1.82) is 0 Å². The number of imide groups is 1. The molecule has 23 heavy (non-hydrogen) atoms. The minimum absolute atomic E-state index is 0.0583. The molecule has 1 aromatic heterocycles. The maximum atomic E-state index is 12.7. The number of aryl methyl sites for hydroxylation is 1. The Balaban J connectivity index is 1.86. The highest BCUT2D eigenvalue weighted by molar-refractivity contribution is 6.07. The zero-order valence-corrected chi connectivity index (χ0v) is 13.0. The third kappa shape index (κ3) is 2.52. The summed E-state index contributed by atoms with van der Waals surface area (Å²) in [5.41, 5.74) is -0.473. The van der Waals surface area contributed by atoms with Crippen molar-refractivity contribution < 1.29 is 18.8 Å². The Kier molecular flexibility index (Phi) is 3.51. The van der Waals surface area contributed by atoms with Gasteiger partial charge in [0.25, 0.3) is 5.91 Å². The van der Waals surface area contributed by atoms with Gasteiger partial charge in [0.05, 0.1) is 7.11 Å². The van der Waals surface area contributed by atoms with Crippen molar-refractivity contribution in [2.45, 2.75) is 25.9 Å². The molecule has 120 valence electrons. The fourth-order valence-electron chi connectivity index (χ4n) is 2.50. The van der Waals surface area contributed by atoms with Gasteiger partial charge in [0, 0.05) is 0 Å². The predicted molar refractivity (Wildman–Crippen MR) is 78.5 cm³/mol. The number of ether oxygens (including phenoxy) is 1. The standard InChI is InChI=1S/C15H16N4O4/c1-9-16-12(23-18-9)8-19-13(20)15(2,17-14(19)21)10-4-6-11(22-3)7-5-10/h4-7H,8H2,1-3H3,(H,17,21). The van der Waals surface area contributed by atoms with E-state index in [0.29, 0.717) is 17.1 Å². The van der Waals surface area contributed by atoms with Crippen LogP contribution < -0.4 is 10.1 Å². The Labute approximate surface area is 132 Å². The van der Waals surface area contributed by atoms with Gasteiger partial charge in [0.2, 0.25) is 5.89 Å². The van der Waals surface area contributed by atoms with E-state index in [1.807, 2.05) is 0 Å². The van der Waals surface area contributed by atoms with Crippen molar-refractivity contribution in [2.75, 3.05) is 7.11 Å². The lowest BCUT2D eigenvalue weighted by atomic mass is 9.92. The Morgan fingerprint density at radius 1 is 1.30 bits per heavy atom. The number of rotatable bonds is 4. The van der Waals surface area contributed by atoms with Crippen molar-refractivity contribution in [3.8, 4) is 5.75 Å². The van der Waals surface area contributed by atoms with Crippen LogP contribution in [0.3, 0.4) is 0 Å². The number of benzene rings is 1. The van der Waals surface area contributed by atoms with Crippen molar-refractivity contribution in [2.24, 2.45) is 0 Å². The molecule has 0 bridgehead atoms. The van der Waals surface area contributed by atoms with Crippen LogP contribution in [-0.2, 0) is 16.9 Å². The summed E-state index contributed by atoms with van der Waals surface area (Å²) >= 11 is 0. The maximum Gasteiger partial charge on any atom is 0.325 e. The number of hydrogen-bond donors (Lipinski definition) is 1. The van der Waals surface area contributed by atoms with Crippen molar-refractivity contribution in [1.82, 2.24) is 20.4 Å². The van der Waals surface area contributed by atoms with Crippen LogP contribution in [0.15, 0.2) is 28.8 Å². The van der Waals surface area contributed by atoms with Gasteiger partial charge in [0.15, 0.2) is 5.82 Å². The highest BCUT2D eigenvalue weighted by Crippen LogP contribution is 2.30. The molecule has 3 rings (SSSR count). The second-order valence-electron chi connectivity index (χ2n) is 5.41. The zero-order chi connectivity index (χ0) is 16.6. The van der Waals surface area contributed by atoms with Gasteiger partial charge in [-0.15, -0.1) is 0 Å². The number of amides is 3. The molecule has 1 aromatic carbocycles. The number of hydrogen-bond acceptors (Lipinski definition) is 6. The number of nitrogens with zero attached hydrogens (tertiary/aromatic N) is 3. The largest absolute Gasteiger partial charge is 0.497 e. The molecule has 1 fully saturated rings. The van der Waals surface area contributed by atoms with Gasteiger partial charge >= 0.3 is 6.03 Å². The molecule has 1 aliphatic heterocycles. The van der Waals surface area contributed by atoms with E-state index in [0.717, 1.165) is 4.90 Å². The van der Waals surface area contributed by atoms with Gasteiger partial charge in [-0.2, -0.15) is 4.98 Å². The number of methoxy groups -OCH3 is 1. The molecule has 2 heterocycles. The topological polar surface area (TPSA) is 97.6 Å². The van der Waals surface area contributed by atoms with E-state index in [1.165, 1.54) is 0 Å². The zero-order valence-electron chi connectivity index (χ0n) is 13.0. The maximum absolute atomic E-state index is 12.7. The van der Waals surface area contributed by atoms with Gasteiger partial charge in [-0.1, -0.05) is 17.3 Å². The Morgan fingerprint density at radius 2 is 2.00 bits per heavy atom. The average molecular weight is 316 g/mol. The summed E-state index contributed by atoms with van der Waals surface area (Å²) in [4.78, 5) is 30.0. The van der Waals surface area contributed by atoms with Crippen molar-refractivity contribution in [3.05, 3.63) is 41.5 Å². The first kappa shape index (κ1) is 15.0. The molecule has 0 saturated carbocycles. The lowest BCUT2D eigenvalue weighted by Gasteiger charge is -2.22. The van der Waals surface area contributed by atoms with Crippen LogP contribution in [0.4, 0.5) is 4.79 Å². The summed E-state index contributed by atoms with van der Waals surface area (Å²) in [6.07, 6.45) is 0. The highest BCUT2D eigenvalue weighted by atomic mass is 16.5. The van der Waals surface area contributed by atoms with E-state index in [1.54, 1.807) is 45.2 Å². The molecule has 1 N–H and O–H groups in total. The first-order valence-corrected chi connectivity index (χ1v) is 7.02. The van der Waals surface area contributed by atoms with Gasteiger partial charge < -0.3 is 14.6 Å². The minimum Gasteiger partial charge on any atom is -0.497 e. The molecule has 8 nitrogen and oxygen atoms in total. The molecule has 8 heteroatoms. The highest BCUT2D eigenvalue weighted by Gasteiger charge is 2.49. The minimum atomic E-state index is -1.14. The van der Waals surface area contributed by atoms with Crippen LogP contribution in [0.1, 0.15) is 24.2 Å². The van der Waals surface area contributed by atoms with Gasteiger partial charge in [-0.05, 0) is 31.5 Å². The van der Waals surface area contributed by atoms with Crippen molar-refractivity contribution >= 4 is 11.9 Å². The number of carbonyl (C=O) groups is 2. The van der Waals surface area contributed by atoms with Gasteiger partial charge in [-0.25, -0.2) is 4.79 Å². The second-order valence-corrected chi connectivity index (χ2v) is 5.41. The lowest BCUT2D eigenvalue weighted by molar-refractivity contribution is -0.131.